The molecule has 2 aromatic heterocycles. The van der Waals surface area contributed by atoms with E-state index in [-0.39, 0.29) is 0 Å². The van der Waals surface area contributed by atoms with Crippen LogP contribution in [0.1, 0.15) is 18.1 Å². The van der Waals surface area contributed by atoms with E-state index >= 15 is 0 Å². The Kier molecular flexibility index (Phi) is 5.20. The van der Waals surface area contributed by atoms with Crippen LogP contribution in [-0.4, -0.2) is 11.6 Å². The third-order valence-electron chi connectivity index (χ3n) is 4.52. The molecular weight excluding hydrogens is 348 g/mol. The summed E-state index contributed by atoms with van der Waals surface area (Å²) < 4.78 is 11.9. The van der Waals surface area contributed by atoms with E-state index < -0.39 is 0 Å². The van der Waals surface area contributed by atoms with Gasteiger partial charge in [-0.2, -0.15) is 0 Å². The molecule has 0 spiro atoms. The first kappa shape index (κ1) is 18.0. The highest BCUT2D eigenvalue weighted by Gasteiger charge is 2.07. The minimum absolute atomic E-state index is 0.555. The van der Waals surface area contributed by atoms with Gasteiger partial charge in [-0.25, -0.2) is 0 Å². The maximum Gasteiger partial charge on any atom is 0.137 e. The lowest BCUT2D eigenvalue weighted by atomic mass is 10.1. The van der Waals surface area contributed by atoms with Crippen molar-refractivity contribution in [3.8, 4) is 17.1 Å². The molecule has 0 radical (unpaired) electrons. The van der Waals surface area contributed by atoms with Crippen molar-refractivity contribution in [1.82, 2.24) is 4.98 Å². The molecule has 4 heteroatoms. The molecule has 4 rings (SSSR count). The van der Waals surface area contributed by atoms with Gasteiger partial charge in [-0.3, -0.25) is 9.98 Å². The molecule has 140 valence electrons. The number of ether oxygens (including phenoxy) is 1. The number of benzene rings is 2. The zero-order chi connectivity index (χ0) is 19.3. The maximum absolute atomic E-state index is 6.19. The van der Waals surface area contributed by atoms with Crippen LogP contribution in [0.25, 0.3) is 22.3 Å². The van der Waals surface area contributed by atoms with Gasteiger partial charge in [0.1, 0.15) is 17.1 Å². The smallest absolute Gasteiger partial charge is 0.137 e. The van der Waals surface area contributed by atoms with Gasteiger partial charge in [-0.15, -0.1) is 0 Å². The molecule has 2 heterocycles. The maximum atomic E-state index is 6.19. The fourth-order valence-corrected chi connectivity index (χ4v) is 3.06. The Morgan fingerprint density at radius 1 is 1.04 bits per heavy atom. The number of aromatic nitrogens is 1. The molecule has 0 fully saturated rings. The summed E-state index contributed by atoms with van der Waals surface area (Å²) in [6.45, 7) is 5.22. The highest BCUT2D eigenvalue weighted by Crippen LogP contribution is 2.25. The monoisotopic (exact) mass is 370 g/mol. The minimum atomic E-state index is 0.555. The van der Waals surface area contributed by atoms with E-state index in [0.717, 1.165) is 39.0 Å². The average Bonchev–Trinajstić information content (AvgIpc) is 2.73. The standard InChI is InChI=1S/C24H22N2O2/c1-3-27-20-10-11-23-21(13-20)22(26-16-18-5-4-12-25-15-18)14-24(28-23)19-8-6-17(2)7-9-19/h4-15H,3,16H2,1-2H3. The van der Waals surface area contributed by atoms with Crippen LogP contribution >= 0.6 is 0 Å². The number of pyridine rings is 1. The van der Waals surface area contributed by atoms with E-state index in [1.165, 1.54) is 5.56 Å². The van der Waals surface area contributed by atoms with Crippen LogP contribution in [0.4, 0.5) is 0 Å². The zero-order valence-electron chi connectivity index (χ0n) is 16.1. The van der Waals surface area contributed by atoms with Crippen LogP contribution in [0, 0.1) is 6.92 Å². The first-order valence-electron chi connectivity index (χ1n) is 9.40. The Balaban J connectivity index is 1.86. The summed E-state index contributed by atoms with van der Waals surface area (Å²) in [4.78, 5) is 9.03. The lowest BCUT2D eigenvalue weighted by molar-refractivity contribution is 0.340. The van der Waals surface area contributed by atoms with Gasteiger partial charge in [-0.05, 0) is 43.7 Å². The third kappa shape index (κ3) is 3.96. The van der Waals surface area contributed by atoms with Crippen molar-refractivity contribution in [2.75, 3.05) is 6.61 Å². The molecule has 0 aliphatic rings. The summed E-state index contributed by atoms with van der Waals surface area (Å²) in [5, 5.41) is 1.81. The predicted octanol–water partition coefficient (Wildman–Crippen LogP) is 5.30. The van der Waals surface area contributed by atoms with Crippen molar-refractivity contribution in [2.45, 2.75) is 20.4 Å². The summed E-state index contributed by atoms with van der Waals surface area (Å²) in [5.74, 6) is 1.60. The summed E-state index contributed by atoms with van der Waals surface area (Å²) in [6.07, 6.45) is 3.61. The number of hydrogen-bond donors (Lipinski definition) is 0. The first-order valence-corrected chi connectivity index (χ1v) is 9.40. The molecule has 0 saturated carbocycles. The number of fused-ring (bicyclic) bond motifs is 1. The summed E-state index contributed by atoms with van der Waals surface area (Å²) in [5.41, 5.74) is 4.09. The largest absolute Gasteiger partial charge is 0.494 e. The summed E-state index contributed by atoms with van der Waals surface area (Å²) >= 11 is 0. The number of aryl methyl sites for hydroxylation is 1. The van der Waals surface area contributed by atoms with Crippen LogP contribution in [0.15, 0.2) is 82.5 Å². The third-order valence-corrected chi connectivity index (χ3v) is 4.52. The molecule has 28 heavy (non-hydrogen) atoms. The van der Waals surface area contributed by atoms with Gasteiger partial charge in [0.05, 0.1) is 18.5 Å². The average molecular weight is 370 g/mol. The molecule has 4 aromatic rings. The Hall–Kier alpha value is -3.40. The second kappa shape index (κ2) is 8.09. The van der Waals surface area contributed by atoms with Crippen LogP contribution in [0.5, 0.6) is 5.75 Å². The molecule has 0 unspecified atom stereocenters. The van der Waals surface area contributed by atoms with Crippen molar-refractivity contribution in [3.63, 3.8) is 0 Å². The van der Waals surface area contributed by atoms with Crippen LogP contribution in [0.3, 0.4) is 0 Å². The predicted molar refractivity (Wildman–Crippen MR) is 111 cm³/mol. The second-order valence-corrected chi connectivity index (χ2v) is 6.63. The van der Waals surface area contributed by atoms with E-state index in [1.54, 1.807) is 6.20 Å². The SMILES string of the molecule is CCOc1ccc2oc(-c3ccc(C)cc3)cc(=NCc3cccnc3)c2c1. The van der Waals surface area contributed by atoms with Gasteiger partial charge in [0.15, 0.2) is 0 Å². The van der Waals surface area contributed by atoms with Gasteiger partial charge >= 0.3 is 0 Å². The lowest BCUT2D eigenvalue weighted by Gasteiger charge is -2.08. The molecule has 0 amide bonds. The molecular formula is C24H22N2O2. The fourth-order valence-electron chi connectivity index (χ4n) is 3.06. The number of rotatable bonds is 5. The summed E-state index contributed by atoms with van der Waals surface area (Å²) in [6, 6.07) is 20.1. The van der Waals surface area contributed by atoms with Gasteiger partial charge in [-0.1, -0.05) is 35.9 Å². The molecule has 4 nitrogen and oxygen atoms in total. The molecule has 0 N–H and O–H groups in total. The molecule has 0 bridgehead atoms. The van der Waals surface area contributed by atoms with Gasteiger partial charge in [0, 0.05) is 29.4 Å². The van der Waals surface area contributed by atoms with Crippen molar-refractivity contribution >= 4 is 11.0 Å². The second-order valence-electron chi connectivity index (χ2n) is 6.63. The quantitative estimate of drug-likeness (QED) is 0.479. The molecule has 0 aliphatic carbocycles. The summed E-state index contributed by atoms with van der Waals surface area (Å²) in [7, 11) is 0. The molecule has 0 saturated heterocycles. The van der Waals surface area contributed by atoms with Crippen LogP contribution in [0.2, 0.25) is 0 Å². The van der Waals surface area contributed by atoms with E-state index in [4.69, 9.17) is 14.1 Å². The molecule has 0 aliphatic heterocycles. The normalized spacial score (nSPS) is 11.7. The van der Waals surface area contributed by atoms with Gasteiger partial charge in [0.2, 0.25) is 0 Å². The number of nitrogens with zero attached hydrogens (tertiary/aromatic N) is 2. The molecule has 2 aromatic carbocycles. The highest BCUT2D eigenvalue weighted by molar-refractivity contribution is 5.80. The van der Waals surface area contributed by atoms with E-state index in [9.17, 15) is 0 Å². The van der Waals surface area contributed by atoms with Crippen LogP contribution < -0.4 is 10.1 Å². The Morgan fingerprint density at radius 2 is 1.89 bits per heavy atom. The van der Waals surface area contributed by atoms with Crippen molar-refractivity contribution in [1.29, 1.82) is 0 Å². The van der Waals surface area contributed by atoms with Crippen LogP contribution in [-0.2, 0) is 6.54 Å². The topological polar surface area (TPSA) is 47.6 Å². The highest BCUT2D eigenvalue weighted by atomic mass is 16.5. The Labute approximate surface area is 164 Å². The Bertz CT molecular complexity index is 1150. The van der Waals surface area contributed by atoms with Crippen molar-refractivity contribution < 1.29 is 9.15 Å². The van der Waals surface area contributed by atoms with Gasteiger partial charge < -0.3 is 9.15 Å². The Morgan fingerprint density at radius 3 is 2.64 bits per heavy atom. The zero-order valence-corrected chi connectivity index (χ0v) is 16.1. The minimum Gasteiger partial charge on any atom is -0.494 e. The first-order chi connectivity index (χ1) is 13.7. The van der Waals surface area contributed by atoms with E-state index in [1.807, 2.05) is 49.5 Å². The number of hydrogen-bond acceptors (Lipinski definition) is 4. The van der Waals surface area contributed by atoms with Crippen molar-refractivity contribution in [2.24, 2.45) is 4.99 Å². The van der Waals surface area contributed by atoms with E-state index in [0.29, 0.717) is 13.2 Å². The molecule has 0 atom stereocenters. The fraction of sp³-hybridized carbons (Fsp3) is 0.167. The van der Waals surface area contributed by atoms with Crippen molar-refractivity contribution in [3.05, 3.63) is 89.5 Å². The lowest BCUT2D eigenvalue weighted by Crippen LogP contribution is -2.05. The van der Waals surface area contributed by atoms with Gasteiger partial charge in [0.25, 0.3) is 0 Å². The van der Waals surface area contributed by atoms with E-state index in [2.05, 4.69) is 36.2 Å².